The van der Waals surface area contributed by atoms with Gasteiger partial charge in [0.25, 0.3) is 0 Å². The molecule has 1 amide bonds. The molecule has 3 atom stereocenters. The lowest BCUT2D eigenvalue weighted by molar-refractivity contribution is -0.142. The molecule has 1 fully saturated rings. The number of rotatable bonds is 15. The number of ketones is 1. The average molecular weight is 543 g/mol. The van der Waals surface area contributed by atoms with Crippen LogP contribution in [0.25, 0.3) is 0 Å². The van der Waals surface area contributed by atoms with Crippen LogP contribution in [0.15, 0.2) is 59.5 Å². The Balaban J connectivity index is 1.56. The minimum Gasteiger partial charge on any atom is -0.480 e. The van der Waals surface area contributed by atoms with Crippen LogP contribution in [0.4, 0.5) is 0 Å². The van der Waals surface area contributed by atoms with Crippen LogP contribution >= 0.6 is 0 Å². The van der Waals surface area contributed by atoms with Crippen LogP contribution in [0, 0.1) is 5.92 Å². The number of benzene rings is 2. The number of amides is 1. The standard InChI is InChI=1S/C29H38N2O6S/c30-19-5-4-9-23(32)10-6-8-21-15-17-22(18-16-21)20-26(29(34)35)31-28(33)25-13-7-14-27(25)38(36,37)24-11-2-1-3-12-24/h1-3,11-12,15-18,25-27H,4-10,13-14,19-20,30H2,(H,31,33)(H,34,35). The van der Waals surface area contributed by atoms with E-state index < -0.39 is 38.9 Å². The van der Waals surface area contributed by atoms with Gasteiger partial charge in [0.1, 0.15) is 11.8 Å². The third-order valence-electron chi connectivity index (χ3n) is 7.17. The monoisotopic (exact) mass is 542 g/mol. The van der Waals surface area contributed by atoms with E-state index in [4.69, 9.17) is 5.73 Å². The number of nitrogens with one attached hydrogen (secondary N) is 1. The Morgan fingerprint density at radius 2 is 1.58 bits per heavy atom. The predicted molar refractivity (Wildman–Crippen MR) is 145 cm³/mol. The smallest absolute Gasteiger partial charge is 0.326 e. The number of carboxylic acids is 1. The molecule has 3 rings (SSSR count). The highest BCUT2D eigenvalue weighted by molar-refractivity contribution is 7.92. The molecule has 0 bridgehead atoms. The Labute approximate surface area is 224 Å². The number of carbonyl (C=O) groups excluding carboxylic acids is 2. The molecule has 9 heteroatoms. The summed E-state index contributed by atoms with van der Waals surface area (Å²) in [5.41, 5.74) is 7.26. The fraction of sp³-hybridized carbons (Fsp3) is 0.483. The first-order chi connectivity index (χ1) is 18.2. The van der Waals surface area contributed by atoms with E-state index in [1.165, 1.54) is 12.1 Å². The third kappa shape index (κ3) is 8.23. The number of aliphatic carboxylic acids is 1. The van der Waals surface area contributed by atoms with Gasteiger partial charge >= 0.3 is 5.97 Å². The fourth-order valence-corrected chi connectivity index (χ4v) is 7.08. The number of hydrogen-bond acceptors (Lipinski definition) is 6. The summed E-state index contributed by atoms with van der Waals surface area (Å²) in [6.07, 6.45) is 5.74. The van der Waals surface area contributed by atoms with E-state index in [2.05, 4.69) is 5.32 Å². The van der Waals surface area contributed by atoms with E-state index in [0.29, 0.717) is 38.6 Å². The van der Waals surface area contributed by atoms with Gasteiger partial charge in [0.05, 0.1) is 16.1 Å². The molecule has 1 aliphatic carbocycles. The van der Waals surface area contributed by atoms with Crippen molar-refractivity contribution in [3.05, 3.63) is 65.7 Å². The van der Waals surface area contributed by atoms with Crippen LogP contribution in [0.1, 0.15) is 62.5 Å². The number of Topliss-reactive ketones (excluding diaryl/α,β-unsaturated/α-hetero) is 1. The van der Waals surface area contributed by atoms with Crippen LogP contribution in [-0.4, -0.2) is 49.0 Å². The van der Waals surface area contributed by atoms with Crippen molar-refractivity contribution in [2.75, 3.05) is 6.54 Å². The van der Waals surface area contributed by atoms with E-state index in [9.17, 15) is 27.9 Å². The minimum absolute atomic E-state index is 0.0871. The van der Waals surface area contributed by atoms with Gasteiger partial charge in [0.15, 0.2) is 9.84 Å². The maximum Gasteiger partial charge on any atom is 0.326 e. The highest BCUT2D eigenvalue weighted by Crippen LogP contribution is 2.35. The molecule has 1 aliphatic rings. The van der Waals surface area contributed by atoms with Crippen LogP contribution in [-0.2, 0) is 37.1 Å². The summed E-state index contributed by atoms with van der Waals surface area (Å²) < 4.78 is 26.3. The van der Waals surface area contributed by atoms with Gasteiger partial charge in [-0.2, -0.15) is 0 Å². The Hall–Kier alpha value is -3.04. The van der Waals surface area contributed by atoms with Gasteiger partial charge < -0.3 is 16.2 Å². The number of carbonyl (C=O) groups is 3. The Morgan fingerprint density at radius 3 is 2.24 bits per heavy atom. The molecular weight excluding hydrogens is 504 g/mol. The molecule has 1 saturated carbocycles. The SMILES string of the molecule is NCCCCC(=O)CCCc1ccc(CC(NC(=O)C2CCCC2S(=O)(=O)c2ccccc2)C(=O)O)cc1. The van der Waals surface area contributed by atoms with Gasteiger partial charge in [-0.05, 0) is 68.3 Å². The molecule has 0 heterocycles. The van der Waals surface area contributed by atoms with Crippen molar-refractivity contribution >= 4 is 27.5 Å². The number of carboxylic acid groups (broad SMARTS) is 1. The maximum atomic E-state index is 13.1. The molecule has 4 N–H and O–H groups in total. The van der Waals surface area contributed by atoms with Crippen LogP contribution < -0.4 is 11.1 Å². The van der Waals surface area contributed by atoms with Crippen molar-refractivity contribution in [1.82, 2.24) is 5.32 Å². The van der Waals surface area contributed by atoms with Crippen molar-refractivity contribution in [2.24, 2.45) is 11.7 Å². The molecule has 0 saturated heterocycles. The summed E-state index contributed by atoms with van der Waals surface area (Å²) in [7, 11) is -3.71. The summed E-state index contributed by atoms with van der Waals surface area (Å²) >= 11 is 0. The predicted octanol–water partition coefficient (Wildman–Crippen LogP) is 3.46. The van der Waals surface area contributed by atoms with E-state index in [1.807, 2.05) is 24.3 Å². The molecule has 2 aromatic rings. The van der Waals surface area contributed by atoms with Crippen molar-refractivity contribution in [2.45, 2.75) is 80.4 Å². The highest BCUT2D eigenvalue weighted by atomic mass is 32.2. The van der Waals surface area contributed by atoms with Gasteiger partial charge in [-0.25, -0.2) is 13.2 Å². The first-order valence-corrected chi connectivity index (χ1v) is 14.9. The zero-order valence-electron chi connectivity index (χ0n) is 21.7. The Morgan fingerprint density at radius 1 is 0.921 bits per heavy atom. The topological polar surface area (TPSA) is 144 Å². The molecule has 0 aromatic heterocycles. The quantitative estimate of drug-likeness (QED) is 0.292. The third-order valence-corrected chi connectivity index (χ3v) is 9.46. The summed E-state index contributed by atoms with van der Waals surface area (Å²) in [6, 6.07) is 14.4. The average Bonchev–Trinajstić information content (AvgIpc) is 3.41. The van der Waals surface area contributed by atoms with Crippen LogP contribution in [0.3, 0.4) is 0 Å². The van der Waals surface area contributed by atoms with Gasteiger partial charge in [-0.1, -0.05) is 48.9 Å². The fourth-order valence-electron chi connectivity index (χ4n) is 5.02. The molecule has 206 valence electrons. The molecule has 8 nitrogen and oxygen atoms in total. The lowest BCUT2D eigenvalue weighted by atomic mass is 10.00. The normalized spacial score (nSPS) is 18.1. The summed E-state index contributed by atoms with van der Waals surface area (Å²) in [4.78, 5) is 37.1. The lowest BCUT2D eigenvalue weighted by Gasteiger charge is -2.22. The number of nitrogens with two attached hydrogens (primary N) is 1. The van der Waals surface area contributed by atoms with Gasteiger partial charge in [-0.3, -0.25) is 9.59 Å². The number of aryl methyl sites for hydroxylation is 1. The first kappa shape index (κ1) is 29.5. The largest absolute Gasteiger partial charge is 0.480 e. The number of unbranched alkanes of at least 4 members (excludes halogenated alkanes) is 1. The highest BCUT2D eigenvalue weighted by Gasteiger charge is 2.42. The van der Waals surface area contributed by atoms with Gasteiger partial charge in [-0.15, -0.1) is 0 Å². The van der Waals surface area contributed by atoms with E-state index in [-0.39, 0.29) is 17.1 Å². The minimum atomic E-state index is -3.71. The lowest BCUT2D eigenvalue weighted by Crippen LogP contribution is -2.47. The zero-order valence-corrected chi connectivity index (χ0v) is 22.5. The van der Waals surface area contributed by atoms with E-state index in [0.717, 1.165) is 36.8 Å². The first-order valence-electron chi connectivity index (χ1n) is 13.3. The van der Waals surface area contributed by atoms with Crippen LogP contribution in [0.5, 0.6) is 0 Å². The van der Waals surface area contributed by atoms with E-state index in [1.54, 1.807) is 18.2 Å². The summed E-state index contributed by atoms with van der Waals surface area (Å²) in [6.45, 7) is 0.601. The molecule has 3 unspecified atom stereocenters. The summed E-state index contributed by atoms with van der Waals surface area (Å²) in [5.74, 6) is -2.25. The molecule has 0 radical (unpaired) electrons. The second-order valence-corrected chi connectivity index (χ2v) is 12.2. The number of sulfone groups is 1. The number of hydrogen-bond donors (Lipinski definition) is 3. The second-order valence-electron chi connectivity index (χ2n) is 9.99. The Bertz CT molecular complexity index is 1180. The second kappa shape index (κ2) is 14.2. The van der Waals surface area contributed by atoms with Crippen LogP contribution in [0.2, 0.25) is 0 Å². The zero-order chi connectivity index (χ0) is 27.5. The summed E-state index contributed by atoms with van der Waals surface area (Å²) in [5, 5.41) is 11.5. The van der Waals surface area contributed by atoms with Gasteiger partial charge in [0.2, 0.25) is 5.91 Å². The molecule has 2 aromatic carbocycles. The van der Waals surface area contributed by atoms with Gasteiger partial charge in [0, 0.05) is 19.3 Å². The van der Waals surface area contributed by atoms with Crippen molar-refractivity contribution in [3.8, 4) is 0 Å². The molecule has 0 spiro atoms. The van der Waals surface area contributed by atoms with Crippen molar-refractivity contribution in [1.29, 1.82) is 0 Å². The molecule has 0 aliphatic heterocycles. The van der Waals surface area contributed by atoms with Crippen molar-refractivity contribution in [3.63, 3.8) is 0 Å². The molecular formula is C29H38N2O6S. The van der Waals surface area contributed by atoms with Crippen molar-refractivity contribution < 1.29 is 27.9 Å². The van der Waals surface area contributed by atoms with E-state index >= 15 is 0 Å². The Kier molecular flexibility index (Phi) is 11.0. The molecule has 38 heavy (non-hydrogen) atoms. The maximum absolute atomic E-state index is 13.1.